The average molecular weight is 325 g/mol. The summed E-state index contributed by atoms with van der Waals surface area (Å²) in [5, 5.41) is 18.3. The lowest BCUT2D eigenvalue weighted by atomic mass is 10.0. The van der Waals surface area contributed by atoms with E-state index in [4.69, 9.17) is 14.6 Å². The van der Waals surface area contributed by atoms with Crippen LogP contribution in [0.1, 0.15) is 16.1 Å². The molecule has 0 aliphatic heterocycles. The largest absolute Gasteiger partial charge is 0.497 e. The number of H-pyrrole nitrogens is 1. The third-order valence-electron chi connectivity index (χ3n) is 3.48. The molecule has 3 rings (SSSR count). The monoisotopic (exact) mass is 325 g/mol. The summed E-state index contributed by atoms with van der Waals surface area (Å²) in [5.41, 5.74) is 2.87. The van der Waals surface area contributed by atoms with Crippen LogP contribution in [0.2, 0.25) is 0 Å². The fourth-order valence-electron chi connectivity index (χ4n) is 2.19. The van der Waals surface area contributed by atoms with Gasteiger partial charge in [0.05, 0.1) is 7.11 Å². The first kappa shape index (κ1) is 15.5. The first-order valence-electron chi connectivity index (χ1n) is 7.18. The second kappa shape index (κ2) is 6.82. The van der Waals surface area contributed by atoms with Crippen molar-refractivity contribution in [3.8, 4) is 22.8 Å². The van der Waals surface area contributed by atoms with Crippen molar-refractivity contribution in [2.75, 3.05) is 7.11 Å². The molecule has 0 radical (unpaired) electrons. The zero-order chi connectivity index (χ0) is 16.9. The summed E-state index contributed by atoms with van der Waals surface area (Å²) >= 11 is 0. The molecule has 0 aliphatic carbocycles. The second-order valence-corrected chi connectivity index (χ2v) is 5.01. The van der Waals surface area contributed by atoms with Crippen LogP contribution >= 0.6 is 0 Å². The summed E-state index contributed by atoms with van der Waals surface area (Å²) in [6.07, 6.45) is 0. The Hall–Kier alpha value is -3.35. The van der Waals surface area contributed by atoms with E-state index >= 15 is 0 Å². The Morgan fingerprint density at radius 3 is 2.29 bits per heavy atom. The summed E-state index contributed by atoms with van der Waals surface area (Å²) in [4.78, 5) is 10.9. The fourth-order valence-corrected chi connectivity index (χ4v) is 2.19. The molecular weight excluding hydrogens is 310 g/mol. The van der Waals surface area contributed by atoms with Gasteiger partial charge in [-0.1, -0.05) is 46.7 Å². The number of carboxylic acids is 1. The quantitative estimate of drug-likeness (QED) is 0.723. The molecule has 122 valence electrons. The summed E-state index contributed by atoms with van der Waals surface area (Å²) in [6, 6.07) is 15.6. The normalized spacial score (nSPS) is 10.4. The molecule has 0 bridgehead atoms. The number of ether oxygens (including phenoxy) is 2. The van der Waals surface area contributed by atoms with E-state index in [9.17, 15) is 4.79 Å². The van der Waals surface area contributed by atoms with E-state index in [-0.39, 0.29) is 18.2 Å². The smallest absolute Gasteiger partial charge is 0.359 e. The lowest BCUT2D eigenvalue weighted by Gasteiger charge is -2.06. The summed E-state index contributed by atoms with van der Waals surface area (Å²) in [7, 11) is 1.63. The third-order valence-corrected chi connectivity index (χ3v) is 3.48. The molecule has 0 spiro atoms. The first-order chi connectivity index (χ1) is 11.7. The Morgan fingerprint density at radius 1 is 1.08 bits per heavy atom. The predicted octanol–water partition coefficient (Wildman–Crippen LogP) is 2.76. The number of hydrogen-bond acceptors (Lipinski definition) is 5. The summed E-state index contributed by atoms with van der Waals surface area (Å²) in [5.74, 6) is -0.378. The van der Waals surface area contributed by atoms with Crippen molar-refractivity contribution in [2.45, 2.75) is 6.61 Å². The van der Waals surface area contributed by atoms with Gasteiger partial charge < -0.3 is 14.6 Å². The highest BCUT2D eigenvalue weighted by Gasteiger charge is 2.15. The number of rotatable bonds is 6. The molecule has 3 aromatic rings. The van der Waals surface area contributed by atoms with Crippen LogP contribution < -0.4 is 9.47 Å². The minimum atomic E-state index is -1.16. The summed E-state index contributed by atoms with van der Waals surface area (Å²) < 4.78 is 10.5. The zero-order valence-corrected chi connectivity index (χ0v) is 12.9. The second-order valence-electron chi connectivity index (χ2n) is 5.01. The minimum absolute atomic E-state index is 0.0262. The van der Waals surface area contributed by atoms with E-state index in [1.165, 1.54) is 0 Å². The number of methoxy groups -OCH3 is 1. The van der Waals surface area contributed by atoms with Crippen molar-refractivity contribution < 1.29 is 19.4 Å². The lowest BCUT2D eigenvalue weighted by molar-refractivity contribution is 0.0685. The van der Waals surface area contributed by atoms with Gasteiger partial charge in [0, 0.05) is 0 Å². The molecule has 2 N–H and O–H groups in total. The first-order valence-corrected chi connectivity index (χ1v) is 7.18. The van der Waals surface area contributed by atoms with Crippen molar-refractivity contribution in [3.05, 3.63) is 59.8 Å². The van der Waals surface area contributed by atoms with Crippen LogP contribution in [-0.4, -0.2) is 33.6 Å². The fraction of sp³-hybridized carbons (Fsp3) is 0.118. The number of carbonyl (C=O) groups is 1. The van der Waals surface area contributed by atoms with Gasteiger partial charge in [0.15, 0.2) is 0 Å². The summed E-state index contributed by atoms with van der Waals surface area (Å²) in [6.45, 7) is 0.204. The Bertz CT molecular complexity index is 826. The van der Waals surface area contributed by atoms with Crippen molar-refractivity contribution in [1.29, 1.82) is 0 Å². The SMILES string of the molecule is COc1ccc(-c2ccc(COc3nn[nH]c3C(=O)O)cc2)cc1. The molecule has 0 amide bonds. The number of aromatic carboxylic acids is 1. The predicted molar refractivity (Wildman–Crippen MR) is 86.1 cm³/mol. The lowest BCUT2D eigenvalue weighted by Crippen LogP contribution is -2.03. The van der Waals surface area contributed by atoms with E-state index in [0.29, 0.717) is 0 Å². The molecule has 0 fully saturated rings. The number of nitrogens with zero attached hydrogens (tertiary/aromatic N) is 2. The molecule has 0 saturated carbocycles. The standard InChI is InChI=1S/C17H15N3O4/c1-23-14-8-6-13(7-9-14)12-4-2-11(3-5-12)10-24-16-15(17(21)22)18-20-19-16/h2-9H,10H2,1H3,(H,21,22)(H,18,19,20). The zero-order valence-electron chi connectivity index (χ0n) is 12.9. The average Bonchev–Trinajstić information content (AvgIpc) is 3.09. The molecule has 0 aliphatic rings. The van der Waals surface area contributed by atoms with Crippen molar-refractivity contribution in [3.63, 3.8) is 0 Å². The Kier molecular flexibility index (Phi) is 4.42. The van der Waals surface area contributed by atoms with Crippen molar-refractivity contribution >= 4 is 5.97 Å². The van der Waals surface area contributed by atoms with Gasteiger partial charge in [0.1, 0.15) is 12.4 Å². The Labute approximate surface area is 137 Å². The molecule has 0 unspecified atom stereocenters. The number of benzene rings is 2. The highest BCUT2D eigenvalue weighted by Crippen LogP contribution is 2.23. The van der Waals surface area contributed by atoms with Crippen molar-refractivity contribution in [1.82, 2.24) is 15.4 Å². The maximum absolute atomic E-state index is 10.9. The van der Waals surface area contributed by atoms with Gasteiger partial charge in [-0.15, -0.1) is 0 Å². The van der Waals surface area contributed by atoms with Gasteiger partial charge in [0.2, 0.25) is 5.69 Å². The number of carboxylic acid groups (broad SMARTS) is 1. The van der Waals surface area contributed by atoms with Crippen LogP contribution in [0.3, 0.4) is 0 Å². The van der Waals surface area contributed by atoms with Gasteiger partial charge in [-0.05, 0) is 28.8 Å². The van der Waals surface area contributed by atoms with E-state index in [1.807, 2.05) is 48.5 Å². The molecule has 7 nitrogen and oxygen atoms in total. The van der Waals surface area contributed by atoms with Gasteiger partial charge in [-0.3, -0.25) is 0 Å². The molecule has 24 heavy (non-hydrogen) atoms. The maximum atomic E-state index is 10.9. The molecule has 7 heteroatoms. The van der Waals surface area contributed by atoms with Gasteiger partial charge in [-0.2, -0.15) is 0 Å². The molecule has 2 aromatic carbocycles. The highest BCUT2D eigenvalue weighted by molar-refractivity contribution is 5.87. The number of hydrogen-bond donors (Lipinski definition) is 2. The van der Waals surface area contributed by atoms with Crippen LogP contribution in [0, 0.1) is 0 Å². The minimum Gasteiger partial charge on any atom is -0.497 e. The molecule has 0 saturated heterocycles. The molecule has 1 heterocycles. The molecule has 1 aromatic heterocycles. The van der Waals surface area contributed by atoms with E-state index in [1.54, 1.807) is 7.11 Å². The maximum Gasteiger partial charge on any atom is 0.359 e. The van der Waals surface area contributed by atoms with Crippen LogP contribution in [0.25, 0.3) is 11.1 Å². The number of aromatic nitrogens is 3. The van der Waals surface area contributed by atoms with Gasteiger partial charge in [-0.25, -0.2) is 9.89 Å². The van der Waals surface area contributed by atoms with E-state index in [2.05, 4.69) is 15.4 Å². The van der Waals surface area contributed by atoms with Gasteiger partial charge >= 0.3 is 5.97 Å². The van der Waals surface area contributed by atoms with E-state index in [0.717, 1.165) is 22.4 Å². The van der Waals surface area contributed by atoms with Crippen LogP contribution in [0.4, 0.5) is 0 Å². The topological polar surface area (TPSA) is 97.3 Å². The Balaban J connectivity index is 1.68. The number of nitrogens with one attached hydrogen (secondary N) is 1. The molecular formula is C17H15N3O4. The highest BCUT2D eigenvalue weighted by atomic mass is 16.5. The third kappa shape index (κ3) is 3.35. The number of aromatic amines is 1. The van der Waals surface area contributed by atoms with Crippen LogP contribution in [-0.2, 0) is 6.61 Å². The van der Waals surface area contributed by atoms with E-state index < -0.39 is 5.97 Å². The van der Waals surface area contributed by atoms with Gasteiger partial charge in [0.25, 0.3) is 5.88 Å². The molecule has 0 atom stereocenters. The van der Waals surface area contributed by atoms with Crippen LogP contribution in [0.15, 0.2) is 48.5 Å². The van der Waals surface area contributed by atoms with Crippen LogP contribution in [0.5, 0.6) is 11.6 Å². The van der Waals surface area contributed by atoms with Crippen molar-refractivity contribution in [2.24, 2.45) is 0 Å². The Morgan fingerprint density at radius 2 is 1.71 bits per heavy atom.